The number of carbonyl (C=O) groups is 2. The summed E-state index contributed by atoms with van der Waals surface area (Å²) in [6.45, 7) is 4.14. The van der Waals surface area contributed by atoms with Gasteiger partial charge in [0.1, 0.15) is 6.79 Å². The maximum Gasteiger partial charge on any atom is 0.258 e. The normalized spacial score (nSPS) is 9.33. The molecule has 1 amide bonds. The Balaban J connectivity index is 0.000000342. The molecule has 0 fully saturated rings. The van der Waals surface area contributed by atoms with Crippen molar-refractivity contribution in [1.29, 1.82) is 0 Å². The van der Waals surface area contributed by atoms with Gasteiger partial charge in [0.05, 0.1) is 0 Å². The molecule has 0 heterocycles. The van der Waals surface area contributed by atoms with Crippen LogP contribution < -0.4 is 9.80 Å². The SMILES string of the molecule is C=O.CCCc1cccc(C(=O)N(C)c2ccccc2)c1.CN(C)c1ccccc1. The number of nitrogens with zero attached hydrogens (tertiary/aromatic N) is 2. The van der Waals surface area contributed by atoms with E-state index in [0.29, 0.717) is 0 Å². The number of carbonyl (C=O) groups excluding carboxylic acids is 2. The van der Waals surface area contributed by atoms with Crippen LogP contribution >= 0.6 is 0 Å². The summed E-state index contributed by atoms with van der Waals surface area (Å²) in [7, 11) is 5.88. The first kappa shape index (κ1) is 24.6. The Morgan fingerprint density at radius 3 is 1.77 bits per heavy atom. The number of amides is 1. The molecule has 0 aliphatic carbocycles. The van der Waals surface area contributed by atoms with Gasteiger partial charge in [0.15, 0.2) is 0 Å². The van der Waals surface area contributed by atoms with E-state index in [0.717, 1.165) is 24.1 Å². The van der Waals surface area contributed by atoms with Crippen molar-refractivity contribution < 1.29 is 9.59 Å². The van der Waals surface area contributed by atoms with E-state index in [1.165, 1.54) is 11.3 Å². The lowest BCUT2D eigenvalue weighted by molar-refractivity contribution is -0.0980. The maximum atomic E-state index is 12.4. The third-order valence-electron chi connectivity index (χ3n) is 4.43. The Hall–Kier alpha value is -3.40. The van der Waals surface area contributed by atoms with E-state index in [1.807, 2.05) is 94.7 Å². The highest BCUT2D eigenvalue weighted by Crippen LogP contribution is 2.16. The van der Waals surface area contributed by atoms with Gasteiger partial charge in [-0.2, -0.15) is 0 Å². The molecule has 4 heteroatoms. The molecule has 3 aromatic carbocycles. The van der Waals surface area contributed by atoms with Crippen LogP contribution in [0.25, 0.3) is 0 Å². The molecule has 3 rings (SSSR count). The third kappa shape index (κ3) is 7.92. The average Bonchev–Trinajstić information content (AvgIpc) is 2.81. The predicted octanol–water partition coefficient (Wildman–Crippen LogP) is 5.48. The molecule has 0 aliphatic heterocycles. The quantitative estimate of drug-likeness (QED) is 0.565. The van der Waals surface area contributed by atoms with Crippen molar-refractivity contribution in [3.05, 3.63) is 96.1 Å². The summed E-state index contributed by atoms with van der Waals surface area (Å²) in [6, 6.07) is 27.9. The van der Waals surface area contributed by atoms with Crippen molar-refractivity contribution >= 4 is 24.1 Å². The summed E-state index contributed by atoms with van der Waals surface area (Å²) in [5, 5.41) is 0. The third-order valence-corrected chi connectivity index (χ3v) is 4.43. The first-order valence-corrected chi connectivity index (χ1v) is 9.96. The van der Waals surface area contributed by atoms with Gasteiger partial charge < -0.3 is 14.6 Å². The second-order valence-corrected chi connectivity index (χ2v) is 6.88. The summed E-state index contributed by atoms with van der Waals surface area (Å²) in [5.74, 6) is 0.0316. The van der Waals surface area contributed by atoms with E-state index < -0.39 is 0 Å². The van der Waals surface area contributed by atoms with E-state index >= 15 is 0 Å². The molecule has 0 unspecified atom stereocenters. The van der Waals surface area contributed by atoms with E-state index in [1.54, 1.807) is 4.90 Å². The Labute approximate surface area is 180 Å². The van der Waals surface area contributed by atoms with Crippen molar-refractivity contribution in [2.24, 2.45) is 0 Å². The van der Waals surface area contributed by atoms with E-state index in [2.05, 4.69) is 30.0 Å². The Bertz CT molecular complexity index is 864. The summed E-state index contributed by atoms with van der Waals surface area (Å²) >= 11 is 0. The lowest BCUT2D eigenvalue weighted by Crippen LogP contribution is -2.26. The smallest absolute Gasteiger partial charge is 0.258 e. The standard InChI is InChI=1S/C17H19NO.C8H11N.CH2O/c1-3-8-14-9-7-10-15(13-14)17(19)18(2)16-11-5-4-6-12-16;1-9(2)8-6-4-3-5-7-8;1-2/h4-7,9-13H,3,8H2,1-2H3;3-7H,1-2H3;1H2. The number of para-hydroxylation sites is 2. The molecule has 0 N–H and O–H groups in total. The maximum absolute atomic E-state index is 12.4. The first-order valence-electron chi connectivity index (χ1n) is 9.96. The summed E-state index contributed by atoms with van der Waals surface area (Å²) < 4.78 is 0. The number of benzene rings is 3. The highest BCUT2D eigenvalue weighted by Gasteiger charge is 2.13. The number of rotatable bonds is 5. The molecule has 30 heavy (non-hydrogen) atoms. The summed E-state index contributed by atoms with van der Waals surface area (Å²) in [6.07, 6.45) is 2.10. The number of hydrogen-bond donors (Lipinski definition) is 0. The van der Waals surface area contributed by atoms with E-state index in [9.17, 15) is 4.79 Å². The fourth-order valence-electron chi connectivity index (χ4n) is 2.84. The van der Waals surface area contributed by atoms with Crippen LogP contribution in [0.3, 0.4) is 0 Å². The zero-order valence-electron chi connectivity index (χ0n) is 18.4. The second-order valence-electron chi connectivity index (χ2n) is 6.88. The fraction of sp³-hybridized carbons (Fsp3) is 0.231. The topological polar surface area (TPSA) is 40.6 Å². The fourth-order valence-corrected chi connectivity index (χ4v) is 2.84. The van der Waals surface area contributed by atoms with E-state index in [-0.39, 0.29) is 5.91 Å². The van der Waals surface area contributed by atoms with Crippen LogP contribution in [-0.4, -0.2) is 33.8 Å². The molecule has 0 radical (unpaired) electrons. The minimum atomic E-state index is 0.0316. The minimum absolute atomic E-state index is 0.0316. The highest BCUT2D eigenvalue weighted by molar-refractivity contribution is 6.05. The molecule has 158 valence electrons. The van der Waals surface area contributed by atoms with Crippen molar-refractivity contribution in [2.45, 2.75) is 19.8 Å². The zero-order chi connectivity index (χ0) is 22.4. The van der Waals surface area contributed by atoms with Crippen LogP contribution in [0, 0.1) is 0 Å². The van der Waals surface area contributed by atoms with Crippen molar-refractivity contribution in [3.8, 4) is 0 Å². The van der Waals surface area contributed by atoms with Crippen molar-refractivity contribution in [1.82, 2.24) is 0 Å². The molecular weight excluding hydrogens is 372 g/mol. The number of anilines is 2. The Kier molecular flexibility index (Phi) is 11.3. The van der Waals surface area contributed by atoms with Crippen LogP contribution in [0.2, 0.25) is 0 Å². The Morgan fingerprint density at radius 1 is 0.767 bits per heavy atom. The molecule has 3 aromatic rings. The number of aryl methyl sites for hydroxylation is 1. The zero-order valence-corrected chi connectivity index (χ0v) is 18.4. The van der Waals surface area contributed by atoms with Gasteiger partial charge in [0.25, 0.3) is 5.91 Å². The largest absolute Gasteiger partial charge is 0.378 e. The minimum Gasteiger partial charge on any atom is -0.378 e. The van der Waals surface area contributed by atoms with Gasteiger partial charge in [0.2, 0.25) is 0 Å². The molecular formula is C26H32N2O2. The van der Waals surface area contributed by atoms with Crippen LogP contribution in [0.5, 0.6) is 0 Å². The molecule has 0 bridgehead atoms. The number of hydrogen-bond acceptors (Lipinski definition) is 3. The van der Waals surface area contributed by atoms with Crippen LogP contribution in [0.15, 0.2) is 84.9 Å². The predicted molar refractivity (Wildman–Crippen MR) is 128 cm³/mol. The molecule has 0 atom stereocenters. The monoisotopic (exact) mass is 404 g/mol. The summed E-state index contributed by atoms with van der Waals surface area (Å²) in [4.78, 5) is 24.2. The second kappa shape index (κ2) is 13.7. The average molecular weight is 405 g/mol. The lowest BCUT2D eigenvalue weighted by atomic mass is 10.1. The van der Waals surface area contributed by atoms with Gasteiger partial charge >= 0.3 is 0 Å². The molecule has 0 saturated heterocycles. The van der Waals surface area contributed by atoms with Crippen LogP contribution in [0.4, 0.5) is 11.4 Å². The molecule has 0 saturated carbocycles. The molecule has 0 spiro atoms. The van der Waals surface area contributed by atoms with Crippen LogP contribution in [-0.2, 0) is 11.2 Å². The van der Waals surface area contributed by atoms with Gasteiger partial charge in [-0.15, -0.1) is 0 Å². The molecule has 0 aliphatic rings. The lowest BCUT2D eigenvalue weighted by Gasteiger charge is -2.17. The molecule has 4 nitrogen and oxygen atoms in total. The van der Waals surface area contributed by atoms with E-state index in [4.69, 9.17) is 4.79 Å². The summed E-state index contributed by atoms with van der Waals surface area (Å²) in [5.41, 5.74) is 4.12. The first-order chi connectivity index (χ1) is 14.5. The van der Waals surface area contributed by atoms with Crippen molar-refractivity contribution in [2.75, 3.05) is 30.9 Å². The Morgan fingerprint density at radius 2 is 1.30 bits per heavy atom. The van der Waals surface area contributed by atoms with Gasteiger partial charge in [-0.25, -0.2) is 0 Å². The van der Waals surface area contributed by atoms with Crippen molar-refractivity contribution in [3.63, 3.8) is 0 Å². The van der Waals surface area contributed by atoms with Gasteiger partial charge in [-0.1, -0.05) is 61.9 Å². The van der Waals surface area contributed by atoms with Gasteiger partial charge in [-0.05, 0) is 48.4 Å². The molecule has 0 aromatic heterocycles. The van der Waals surface area contributed by atoms with Crippen LogP contribution in [0.1, 0.15) is 29.3 Å². The van der Waals surface area contributed by atoms with Gasteiger partial charge in [-0.3, -0.25) is 4.79 Å². The van der Waals surface area contributed by atoms with Gasteiger partial charge in [0, 0.05) is 38.1 Å². The highest BCUT2D eigenvalue weighted by atomic mass is 16.2.